The molecule has 0 aliphatic heterocycles. The average molecular weight is 283 g/mol. The topological polar surface area (TPSA) is 58.6 Å². The van der Waals surface area contributed by atoms with Gasteiger partial charge in [-0.15, -0.1) is 0 Å². The van der Waals surface area contributed by atoms with E-state index in [9.17, 15) is 23.1 Å². The van der Waals surface area contributed by atoms with Crippen LogP contribution in [-0.2, 0) is 9.53 Å². The number of hydrogen-bond acceptors (Lipinski definition) is 3. The van der Waals surface area contributed by atoms with Crippen LogP contribution in [0.15, 0.2) is 0 Å². The summed E-state index contributed by atoms with van der Waals surface area (Å²) in [6, 6.07) is 0. The van der Waals surface area contributed by atoms with Crippen molar-refractivity contribution in [3.05, 3.63) is 0 Å². The second-order valence-corrected chi connectivity index (χ2v) is 4.98. The van der Waals surface area contributed by atoms with Gasteiger partial charge in [0.05, 0.1) is 12.2 Å². The highest BCUT2D eigenvalue weighted by atomic mass is 19.4. The van der Waals surface area contributed by atoms with Gasteiger partial charge in [-0.1, -0.05) is 19.3 Å². The highest BCUT2D eigenvalue weighted by Crippen LogP contribution is 2.27. The summed E-state index contributed by atoms with van der Waals surface area (Å²) in [5.74, 6) is -0.402. The van der Waals surface area contributed by atoms with Crippen LogP contribution in [0.5, 0.6) is 0 Å². The number of halogens is 3. The molecule has 1 aliphatic carbocycles. The maximum absolute atomic E-state index is 11.8. The average Bonchev–Trinajstić information content (AvgIpc) is 2.32. The van der Waals surface area contributed by atoms with E-state index in [2.05, 4.69) is 10.1 Å². The van der Waals surface area contributed by atoms with Crippen LogP contribution < -0.4 is 5.32 Å². The zero-order chi connectivity index (χ0) is 14.4. The second-order valence-electron chi connectivity index (χ2n) is 4.98. The lowest BCUT2D eigenvalue weighted by Gasteiger charge is -2.32. The summed E-state index contributed by atoms with van der Waals surface area (Å²) >= 11 is 0. The predicted octanol–water partition coefficient (Wildman–Crippen LogP) is 1.77. The summed E-state index contributed by atoms with van der Waals surface area (Å²) in [4.78, 5) is 11.4. The van der Waals surface area contributed by atoms with E-state index in [0.717, 1.165) is 19.3 Å². The number of nitrogens with one attached hydrogen (secondary N) is 1. The van der Waals surface area contributed by atoms with Crippen molar-refractivity contribution in [3.8, 4) is 0 Å². The Morgan fingerprint density at radius 1 is 1.26 bits per heavy atom. The first-order valence-corrected chi connectivity index (χ1v) is 6.44. The van der Waals surface area contributed by atoms with Gasteiger partial charge in [0, 0.05) is 13.0 Å². The first-order chi connectivity index (χ1) is 8.81. The highest BCUT2D eigenvalue weighted by molar-refractivity contribution is 5.76. The number of carbonyl (C=O) groups is 1. The number of ether oxygens (including phenoxy) is 1. The van der Waals surface area contributed by atoms with Crippen LogP contribution in [0.25, 0.3) is 0 Å². The Morgan fingerprint density at radius 2 is 1.89 bits per heavy atom. The maximum atomic E-state index is 11.8. The molecule has 112 valence electrons. The molecule has 1 saturated carbocycles. The molecule has 0 aromatic carbocycles. The monoisotopic (exact) mass is 283 g/mol. The van der Waals surface area contributed by atoms with Crippen molar-refractivity contribution in [2.24, 2.45) is 0 Å². The Hall–Kier alpha value is -0.820. The van der Waals surface area contributed by atoms with Gasteiger partial charge in [0.25, 0.3) is 0 Å². The van der Waals surface area contributed by atoms with Gasteiger partial charge in [-0.2, -0.15) is 13.2 Å². The minimum absolute atomic E-state index is 0.133. The minimum atomic E-state index is -4.37. The van der Waals surface area contributed by atoms with Crippen molar-refractivity contribution >= 4 is 5.91 Å². The number of rotatable bonds is 6. The van der Waals surface area contributed by atoms with Gasteiger partial charge >= 0.3 is 6.18 Å². The molecule has 2 N–H and O–H groups in total. The lowest BCUT2D eigenvalue weighted by molar-refractivity contribution is -0.174. The second kappa shape index (κ2) is 7.09. The molecule has 0 saturated heterocycles. The predicted molar refractivity (Wildman–Crippen MR) is 62.5 cm³/mol. The van der Waals surface area contributed by atoms with Gasteiger partial charge in [-0.25, -0.2) is 0 Å². The van der Waals surface area contributed by atoms with Crippen LogP contribution in [-0.4, -0.2) is 42.5 Å². The van der Waals surface area contributed by atoms with Crippen LogP contribution in [0.3, 0.4) is 0 Å². The summed E-state index contributed by atoms with van der Waals surface area (Å²) in [6.07, 6.45) is -0.251. The third-order valence-corrected chi connectivity index (χ3v) is 3.14. The van der Waals surface area contributed by atoms with E-state index in [1.807, 2.05) is 0 Å². The molecule has 1 aliphatic rings. The molecule has 0 atom stereocenters. The van der Waals surface area contributed by atoms with Gasteiger partial charge in [-0.05, 0) is 12.8 Å². The lowest BCUT2D eigenvalue weighted by atomic mass is 9.85. The van der Waals surface area contributed by atoms with E-state index >= 15 is 0 Å². The molecular formula is C12H20F3NO3. The first-order valence-electron chi connectivity index (χ1n) is 6.44. The standard InChI is InChI=1S/C12H20F3NO3/c13-12(14,15)9-19-7-4-10(17)16-8-11(18)5-2-1-3-6-11/h18H,1-9H2,(H,16,17). The van der Waals surface area contributed by atoms with E-state index in [1.54, 1.807) is 0 Å². The highest BCUT2D eigenvalue weighted by Gasteiger charge is 2.29. The Morgan fingerprint density at radius 3 is 2.47 bits per heavy atom. The molecule has 0 heterocycles. The zero-order valence-electron chi connectivity index (χ0n) is 10.8. The Labute approximate surface area is 110 Å². The number of alkyl halides is 3. The van der Waals surface area contributed by atoms with E-state index in [1.165, 1.54) is 0 Å². The fourth-order valence-corrected chi connectivity index (χ4v) is 2.09. The van der Waals surface area contributed by atoms with Crippen LogP contribution in [0, 0.1) is 0 Å². The Bertz CT molecular complexity index is 288. The van der Waals surface area contributed by atoms with Crippen molar-refractivity contribution in [1.29, 1.82) is 0 Å². The number of amides is 1. The molecule has 0 spiro atoms. The molecule has 4 nitrogen and oxygen atoms in total. The zero-order valence-corrected chi connectivity index (χ0v) is 10.8. The van der Waals surface area contributed by atoms with Crippen molar-refractivity contribution in [3.63, 3.8) is 0 Å². The molecule has 1 amide bonds. The first kappa shape index (κ1) is 16.2. The van der Waals surface area contributed by atoms with Crippen molar-refractivity contribution < 1.29 is 27.8 Å². The van der Waals surface area contributed by atoms with Gasteiger partial charge in [0.2, 0.25) is 5.91 Å². The quantitative estimate of drug-likeness (QED) is 0.730. The summed E-state index contributed by atoms with van der Waals surface area (Å²) in [5.41, 5.74) is -0.860. The van der Waals surface area contributed by atoms with Gasteiger partial charge in [0.1, 0.15) is 6.61 Å². The van der Waals surface area contributed by atoms with Crippen molar-refractivity contribution in [2.45, 2.75) is 50.3 Å². The largest absolute Gasteiger partial charge is 0.411 e. The van der Waals surface area contributed by atoms with Gasteiger partial charge in [0.15, 0.2) is 0 Å². The Kier molecular flexibility index (Phi) is 6.06. The summed E-state index contributed by atoms with van der Waals surface area (Å²) in [6.45, 7) is -1.46. The molecule has 19 heavy (non-hydrogen) atoms. The van der Waals surface area contributed by atoms with E-state index < -0.39 is 24.3 Å². The molecule has 1 fully saturated rings. The summed E-state index contributed by atoms with van der Waals surface area (Å²) in [7, 11) is 0. The molecule has 0 aromatic heterocycles. The maximum Gasteiger partial charge on any atom is 0.411 e. The van der Waals surface area contributed by atoms with E-state index in [4.69, 9.17) is 0 Å². The molecule has 0 unspecified atom stereocenters. The molecule has 0 radical (unpaired) electrons. The normalized spacial score (nSPS) is 19.2. The third kappa shape index (κ3) is 7.37. The van der Waals surface area contributed by atoms with Crippen LogP contribution in [0.2, 0.25) is 0 Å². The van der Waals surface area contributed by atoms with Gasteiger partial charge < -0.3 is 15.2 Å². The molecule has 1 rings (SSSR count). The number of hydrogen-bond donors (Lipinski definition) is 2. The number of aliphatic hydroxyl groups is 1. The fraction of sp³-hybridized carbons (Fsp3) is 0.917. The molecule has 0 aromatic rings. The van der Waals surface area contributed by atoms with Crippen LogP contribution >= 0.6 is 0 Å². The molecular weight excluding hydrogens is 263 g/mol. The van der Waals surface area contributed by atoms with Crippen LogP contribution in [0.4, 0.5) is 13.2 Å². The summed E-state index contributed by atoms with van der Waals surface area (Å²) < 4.78 is 39.6. The minimum Gasteiger partial charge on any atom is -0.388 e. The molecule has 7 heteroatoms. The lowest BCUT2D eigenvalue weighted by Crippen LogP contribution is -2.44. The van der Waals surface area contributed by atoms with E-state index in [-0.39, 0.29) is 19.6 Å². The van der Waals surface area contributed by atoms with Crippen LogP contribution in [0.1, 0.15) is 38.5 Å². The smallest absolute Gasteiger partial charge is 0.388 e. The third-order valence-electron chi connectivity index (χ3n) is 3.14. The van der Waals surface area contributed by atoms with Crippen molar-refractivity contribution in [2.75, 3.05) is 19.8 Å². The summed E-state index contributed by atoms with van der Waals surface area (Å²) in [5, 5.41) is 12.6. The molecule has 0 bridgehead atoms. The SMILES string of the molecule is O=C(CCOCC(F)(F)F)NCC1(O)CCCCC1. The number of carbonyl (C=O) groups excluding carboxylic acids is 1. The Balaban J connectivity index is 2.10. The van der Waals surface area contributed by atoms with Crippen molar-refractivity contribution in [1.82, 2.24) is 5.32 Å². The van der Waals surface area contributed by atoms with E-state index in [0.29, 0.717) is 12.8 Å². The fourth-order valence-electron chi connectivity index (χ4n) is 2.09. The van der Waals surface area contributed by atoms with Gasteiger partial charge in [-0.3, -0.25) is 4.79 Å².